The van der Waals surface area contributed by atoms with E-state index in [0.29, 0.717) is 6.42 Å². The molecule has 0 amide bonds. The van der Waals surface area contributed by atoms with Gasteiger partial charge in [0.15, 0.2) is 5.60 Å². The molecule has 0 saturated heterocycles. The summed E-state index contributed by atoms with van der Waals surface area (Å²) in [5.41, 5.74) is -0.782. The van der Waals surface area contributed by atoms with Crippen LogP contribution < -0.4 is 0 Å². The number of rotatable bonds is 4. The molecule has 0 N–H and O–H groups in total. The minimum absolute atomic E-state index is 0.618. The molecule has 0 bridgehead atoms. The van der Waals surface area contributed by atoms with E-state index in [0.717, 1.165) is 6.42 Å². The summed E-state index contributed by atoms with van der Waals surface area (Å²) in [5, 5.41) is 0. The van der Waals surface area contributed by atoms with Crippen molar-refractivity contribution in [1.29, 1.82) is 0 Å². The zero-order valence-corrected chi connectivity index (χ0v) is 8.92. The van der Waals surface area contributed by atoms with E-state index in [-0.39, 0.29) is 0 Å². The van der Waals surface area contributed by atoms with Crippen LogP contribution in [0.3, 0.4) is 0 Å². The average molecular weight is 196 g/mol. The largest absolute Gasteiger partial charge is 0.509 e. The summed E-state index contributed by atoms with van der Waals surface area (Å²) in [7, 11) is 1.27. The van der Waals surface area contributed by atoms with Gasteiger partial charge in [-0.2, -0.15) is 0 Å². The lowest BCUT2D eigenvalue weighted by molar-refractivity contribution is 0.0101. The van der Waals surface area contributed by atoms with E-state index in [9.17, 15) is 4.79 Å². The second-order valence-corrected chi connectivity index (χ2v) is 2.99. The lowest BCUT2D eigenvalue weighted by atomic mass is 10.0. The molecule has 0 aromatic carbocycles. The molecule has 78 valence electrons. The molecule has 3 heteroatoms. The summed E-state index contributed by atoms with van der Waals surface area (Å²) in [6, 6.07) is 0. The van der Waals surface area contributed by atoms with E-state index < -0.39 is 11.8 Å². The van der Waals surface area contributed by atoms with E-state index in [1.165, 1.54) is 7.11 Å². The smallest absolute Gasteiger partial charge is 0.438 e. The standard InChI is InChI=1S/C11H16O3/c1-5-7-9-11(3,8-6-2)14-10(12)13-4/h5H,1,7,9H2,2-4H3. The van der Waals surface area contributed by atoms with Crippen molar-refractivity contribution in [3.63, 3.8) is 0 Å². The Morgan fingerprint density at radius 3 is 2.71 bits per heavy atom. The van der Waals surface area contributed by atoms with Crippen LogP contribution in [0.5, 0.6) is 0 Å². The normalized spacial score (nSPS) is 13.1. The van der Waals surface area contributed by atoms with Crippen molar-refractivity contribution in [2.75, 3.05) is 7.11 Å². The molecule has 0 aromatic heterocycles. The van der Waals surface area contributed by atoms with Crippen LogP contribution in [-0.4, -0.2) is 18.9 Å². The van der Waals surface area contributed by atoms with Gasteiger partial charge in [0.2, 0.25) is 0 Å². The molecule has 1 unspecified atom stereocenters. The van der Waals surface area contributed by atoms with Crippen molar-refractivity contribution in [2.24, 2.45) is 0 Å². The first kappa shape index (κ1) is 12.6. The Hall–Kier alpha value is -1.43. The number of allylic oxidation sites excluding steroid dienone is 1. The van der Waals surface area contributed by atoms with Crippen molar-refractivity contribution in [1.82, 2.24) is 0 Å². The first-order valence-electron chi connectivity index (χ1n) is 4.39. The minimum Gasteiger partial charge on any atom is -0.438 e. The highest BCUT2D eigenvalue weighted by Gasteiger charge is 2.25. The summed E-state index contributed by atoms with van der Waals surface area (Å²) in [6.45, 7) is 7.06. The highest BCUT2D eigenvalue weighted by Crippen LogP contribution is 2.17. The molecule has 0 aromatic rings. The number of ether oxygens (including phenoxy) is 2. The molecule has 0 heterocycles. The van der Waals surface area contributed by atoms with Crippen molar-refractivity contribution >= 4 is 6.16 Å². The van der Waals surface area contributed by atoms with E-state index >= 15 is 0 Å². The van der Waals surface area contributed by atoms with E-state index in [1.807, 2.05) is 0 Å². The van der Waals surface area contributed by atoms with E-state index in [1.54, 1.807) is 19.9 Å². The van der Waals surface area contributed by atoms with Gasteiger partial charge in [-0.3, -0.25) is 0 Å². The maximum absolute atomic E-state index is 10.9. The van der Waals surface area contributed by atoms with Gasteiger partial charge < -0.3 is 9.47 Å². The quantitative estimate of drug-likeness (QED) is 0.393. The molecule has 0 aliphatic carbocycles. The highest BCUT2D eigenvalue weighted by molar-refractivity contribution is 5.60. The Labute approximate surface area is 85.1 Å². The number of hydrogen-bond acceptors (Lipinski definition) is 3. The van der Waals surface area contributed by atoms with Gasteiger partial charge in [-0.05, 0) is 20.3 Å². The zero-order chi connectivity index (χ0) is 11.0. The van der Waals surface area contributed by atoms with E-state index in [2.05, 4.69) is 23.2 Å². The Bertz CT molecular complexity index is 259. The first-order valence-corrected chi connectivity index (χ1v) is 4.39. The van der Waals surface area contributed by atoms with Gasteiger partial charge in [-0.25, -0.2) is 4.79 Å². The van der Waals surface area contributed by atoms with Crippen molar-refractivity contribution in [3.8, 4) is 11.8 Å². The maximum atomic E-state index is 10.9. The lowest BCUT2D eigenvalue weighted by Gasteiger charge is -2.22. The Balaban J connectivity index is 4.42. The van der Waals surface area contributed by atoms with Gasteiger partial charge in [-0.15, -0.1) is 12.5 Å². The van der Waals surface area contributed by atoms with Gasteiger partial charge in [0.25, 0.3) is 0 Å². The van der Waals surface area contributed by atoms with Crippen LogP contribution in [0.4, 0.5) is 4.79 Å². The predicted octanol–water partition coefficient (Wildman–Crippen LogP) is 2.52. The van der Waals surface area contributed by atoms with E-state index in [4.69, 9.17) is 4.74 Å². The molecule has 0 saturated carbocycles. The Morgan fingerprint density at radius 2 is 2.29 bits per heavy atom. The van der Waals surface area contributed by atoms with Crippen LogP contribution in [0, 0.1) is 11.8 Å². The number of methoxy groups -OCH3 is 1. The molecule has 0 aliphatic heterocycles. The molecular formula is C11H16O3. The van der Waals surface area contributed by atoms with Gasteiger partial charge in [0, 0.05) is 6.42 Å². The fraction of sp³-hybridized carbons (Fsp3) is 0.545. The first-order chi connectivity index (χ1) is 6.58. The SMILES string of the molecule is C=CCCC(C)(C#CC)OC(=O)OC. The summed E-state index contributed by atoms with van der Waals surface area (Å²) in [4.78, 5) is 10.9. The number of carbonyl (C=O) groups is 1. The third-order valence-corrected chi connectivity index (χ3v) is 1.69. The van der Waals surface area contributed by atoms with Crippen LogP contribution in [0.2, 0.25) is 0 Å². The molecule has 0 fully saturated rings. The fourth-order valence-corrected chi connectivity index (χ4v) is 1.01. The Kier molecular flexibility index (Phi) is 5.47. The van der Waals surface area contributed by atoms with Crippen molar-refractivity contribution < 1.29 is 14.3 Å². The summed E-state index contributed by atoms with van der Waals surface area (Å²) >= 11 is 0. The minimum atomic E-state index is -0.782. The molecule has 14 heavy (non-hydrogen) atoms. The molecule has 0 radical (unpaired) electrons. The second kappa shape index (κ2) is 6.09. The molecular weight excluding hydrogens is 180 g/mol. The third kappa shape index (κ3) is 4.56. The van der Waals surface area contributed by atoms with Crippen LogP contribution in [0.15, 0.2) is 12.7 Å². The fourth-order valence-electron chi connectivity index (χ4n) is 1.01. The van der Waals surface area contributed by atoms with Crippen LogP contribution in [0.1, 0.15) is 26.7 Å². The predicted molar refractivity (Wildman–Crippen MR) is 54.8 cm³/mol. The summed E-state index contributed by atoms with van der Waals surface area (Å²) in [6.07, 6.45) is 2.41. The molecule has 3 nitrogen and oxygen atoms in total. The zero-order valence-electron chi connectivity index (χ0n) is 8.92. The van der Waals surface area contributed by atoms with Crippen LogP contribution in [0.25, 0.3) is 0 Å². The summed E-state index contributed by atoms with van der Waals surface area (Å²) < 4.78 is 9.46. The second-order valence-electron chi connectivity index (χ2n) is 2.99. The van der Waals surface area contributed by atoms with Gasteiger partial charge in [0.05, 0.1) is 7.11 Å². The maximum Gasteiger partial charge on any atom is 0.509 e. The Morgan fingerprint density at radius 1 is 1.64 bits per heavy atom. The third-order valence-electron chi connectivity index (χ3n) is 1.69. The average Bonchev–Trinajstić information content (AvgIpc) is 2.15. The number of carbonyl (C=O) groups excluding carboxylic acids is 1. The molecule has 0 rings (SSSR count). The van der Waals surface area contributed by atoms with Crippen LogP contribution >= 0.6 is 0 Å². The topological polar surface area (TPSA) is 35.5 Å². The number of hydrogen-bond donors (Lipinski definition) is 0. The van der Waals surface area contributed by atoms with Gasteiger partial charge in [0.1, 0.15) is 0 Å². The van der Waals surface area contributed by atoms with Crippen molar-refractivity contribution in [3.05, 3.63) is 12.7 Å². The molecule has 1 atom stereocenters. The molecule has 0 spiro atoms. The van der Waals surface area contributed by atoms with Gasteiger partial charge >= 0.3 is 6.16 Å². The summed E-state index contributed by atoms with van der Waals surface area (Å²) in [5.74, 6) is 5.57. The monoisotopic (exact) mass is 196 g/mol. The lowest BCUT2D eigenvalue weighted by Crippen LogP contribution is -2.30. The van der Waals surface area contributed by atoms with Crippen LogP contribution in [-0.2, 0) is 9.47 Å². The highest BCUT2D eigenvalue weighted by atomic mass is 16.7. The van der Waals surface area contributed by atoms with Crippen molar-refractivity contribution in [2.45, 2.75) is 32.3 Å². The molecule has 0 aliphatic rings. The van der Waals surface area contributed by atoms with Gasteiger partial charge in [-0.1, -0.05) is 12.0 Å².